The summed E-state index contributed by atoms with van der Waals surface area (Å²) in [6.45, 7) is 2.00. The van der Waals surface area contributed by atoms with Crippen LogP contribution in [0.2, 0.25) is 0 Å². The Kier molecular flexibility index (Phi) is 1.38. The van der Waals surface area contributed by atoms with Crippen LogP contribution in [0.15, 0.2) is 4.99 Å². The van der Waals surface area contributed by atoms with Crippen LogP contribution in [0.5, 0.6) is 0 Å². The normalized spacial score (nSPS) is 25.0. The lowest BCUT2D eigenvalue weighted by molar-refractivity contribution is -0.119. The smallest absolute Gasteiger partial charge is 0.245 e. The van der Waals surface area contributed by atoms with E-state index in [1.165, 1.54) is 0 Å². The molecule has 1 rings (SSSR count). The van der Waals surface area contributed by atoms with Gasteiger partial charge in [0.1, 0.15) is 6.61 Å². The molecule has 0 radical (unpaired) electrons. The fraction of sp³-hybridized carbons (Fsp3) is 0.600. The summed E-state index contributed by atoms with van der Waals surface area (Å²) in [5.74, 6) is 0.116. The molecule has 0 saturated heterocycles. The molecule has 0 fully saturated rings. The molecular weight excluding hydrogens is 120 g/mol. The van der Waals surface area contributed by atoms with E-state index < -0.39 is 11.9 Å². The lowest BCUT2D eigenvalue weighted by atomic mass is 10.3. The maximum Gasteiger partial charge on any atom is 0.245 e. The monoisotopic (exact) mass is 128 g/mol. The average molecular weight is 128 g/mol. The van der Waals surface area contributed by atoms with E-state index in [0.29, 0.717) is 12.5 Å². The van der Waals surface area contributed by atoms with Crippen molar-refractivity contribution in [1.82, 2.24) is 0 Å². The van der Waals surface area contributed by atoms with Crippen LogP contribution < -0.4 is 5.73 Å². The molecule has 50 valence electrons. The standard InChI is InChI=1S/C5H8N2O2/c1-3-7-4(2-9-3)5(6)8/h4H,2H2,1H3,(H2,6,8). The van der Waals surface area contributed by atoms with E-state index >= 15 is 0 Å². The van der Waals surface area contributed by atoms with E-state index in [-0.39, 0.29) is 0 Å². The molecule has 1 unspecified atom stereocenters. The maximum absolute atomic E-state index is 10.4. The zero-order chi connectivity index (χ0) is 6.85. The zero-order valence-electron chi connectivity index (χ0n) is 5.13. The Morgan fingerprint density at radius 2 is 2.67 bits per heavy atom. The SMILES string of the molecule is CC1=NC(C(N)=O)CO1. The van der Waals surface area contributed by atoms with Gasteiger partial charge in [0.25, 0.3) is 0 Å². The molecule has 1 aliphatic heterocycles. The van der Waals surface area contributed by atoms with Crippen LogP contribution in [0, 0.1) is 0 Å². The lowest BCUT2D eigenvalue weighted by Crippen LogP contribution is -2.27. The molecule has 1 heterocycles. The first kappa shape index (κ1) is 6.07. The second kappa shape index (κ2) is 2.05. The quantitative estimate of drug-likeness (QED) is 0.507. The topological polar surface area (TPSA) is 64.7 Å². The molecule has 4 heteroatoms. The van der Waals surface area contributed by atoms with Gasteiger partial charge in [-0.05, 0) is 0 Å². The third kappa shape index (κ3) is 1.19. The van der Waals surface area contributed by atoms with Crippen LogP contribution in [-0.2, 0) is 9.53 Å². The molecule has 2 N–H and O–H groups in total. The number of carbonyl (C=O) groups is 1. The van der Waals surface area contributed by atoms with Crippen molar-refractivity contribution in [1.29, 1.82) is 0 Å². The summed E-state index contributed by atoms with van der Waals surface area (Å²) >= 11 is 0. The van der Waals surface area contributed by atoms with Crippen LogP contribution in [0.4, 0.5) is 0 Å². The highest BCUT2D eigenvalue weighted by Gasteiger charge is 2.20. The molecule has 0 aromatic carbocycles. The van der Waals surface area contributed by atoms with Crippen LogP contribution in [0.3, 0.4) is 0 Å². The van der Waals surface area contributed by atoms with E-state index in [0.717, 1.165) is 0 Å². The molecule has 0 saturated carbocycles. The van der Waals surface area contributed by atoms with Gasteiger partial charge in [0.2, 0.25) is 5.91 Å². The van der Waals surface area contributed by atoms with Crippen LogP contribution >= 0.6 is 0 Å². The fourth-order valence-corrected chi connectivity index (χ4v) is 0.639. The minimum absolute atomic E-state index is 0.307. The van der Waals surface area contributed by atoms with Gasteiger partial charge < -0.3 is 10.5 Å². The van der Waals surface area contributed by atoms with Gasteiger partial charge in [0.05, 0.1) is 0 Å². The van der Waals surface area contributed by atoms with Crippen LogP contribution in [0.25, 0.3) is 0 Å². The van der Waals surface area contributed by atoms with Crippen molar-refractivity contribution in [3.63, 3.8) is 0 Å². The Balaban J connectivity index is 2.57. The van der Waals surface area contributed by atoms with E-state index in [4.69, 9.17) is 10.5 Å². The predicted octanol–water partition coefficient (Wildman–Crippen LogP) is -0.711. The molecular formula is C5H8N2O2. The molecule has 1 atom stereocenters. The number of hydrogen-bond donors (Lipinski definition) is 1. The van der Waals surface area contributed by atoms with Crippen molar-refractivity contribution in [3.05, 3.63) is 0 Å². The van der Waals surface area contributed by atoms with E-state index in [1.54, 1.807) is 6.92 Å². The van der Waals surface area contributed by atoms with Crippen molar-refractivity contribution in [2.24, 2.45) is 10.7 Å². The van der Waals surface area contributed by atoms with Gasteiger partial charge in [-0.1, -0.05) is 0 Å². The van der Waals surface area contributed by atoms with Gasteiger partial charge in [-0.25, -0.2) is 4.99 Å². The zero-order valence-corrected chi connectivity index (χ0v) is 5.13. The lowest BCUT2D eigenvalue weighted by Gasteiger charge is -1.95. The number of rotatable bonds is 1. The number of hydrogen-bond acceptors (Lipinski definition) is 3. The summed E-state index contributed by atoms with van der Waals surface area (Å²) in [5.41, 5.74) is 4.93. The van der Waals surface area contributed by atoms with Gasteiger partial charge in [-0.3, -0.25) is 4.79 Å². The summed E-state index contributed by atoms with van der Waals surface area (Å²) in [6, 6.07) is -0.454. The molecule has 9 heavy (non-hydrogen) atoms. The number of nitrogens with zero attached hydrogens (tertiary/aromatic N) is 1. The van der Waals surface area contributed by atoms with E-state index in [2.05, 4.69) is 4.99 Å². The fourth-order valence-electron chi connectivity index (χ4n) is 0.639. The van der Waals surface area contributed by atoms with Crippen molar-refractivity contribution in [2.45, 2.75) is 13.0 Å². The number of aliphatic imine (C=N–C) groups is 1. The molecule has 0 spiro atoms. The first-order valence-electron chi connectivity index (χ1n) is 2.66. The highest BCUT2D eigenvalue weighted by Crippen LogP contribution is 2.01. The second-order valence-corrected chi connectivity index (χ2v) is 1.88. The minimum Gasteiger partial charge on any atom is -0.478 e. The minimum atomic E-state index is -0.454. The third-order valence-electron chi connectivity index (χ3n) is 1.12. The van der Waals surface area contributed by atoms with Crippen molar-refractivity contribution in [2.75, 3.05) is 6.61 Å². The first-order valence-corrected chi connectivity index (χ1v) is 2.66. The Hall–Kier alpha value is -1.06. The average Bonchev–Trinajstić information content (AvgIpc) is 2.14. The van der Waals surface area contributed by atoms with Gasteiger partial charge in [0, 0.05) is 6.92 Å². The molecule has 0 aliphatic carbocycles. The van der Waals surface area contributed by atoms with Gasteiger partial charge in [-0.2, -0.15) is 0 Å². The largest absolute Gasteiger partial charge is 0.478 e. The van der Waals surface area contributed by atoms with E-state index in [9.17, 15) is 4.79 Å². The molecule has 4 nitrogen and oxygen atoms in total. The summed E-state index contributed by atoms with van der Waals surface area (Å²) in [5, 5.41) is 0. The summed E-state index contributed by atoms with van der Waals surface area (Å²) in [6.07, 6.45) is 0. The summed E-state index contributed by atoms with van der Waals surface area (Å²) < 4.78 is 4.88. The third-order valence-corrected chi connectivity index (χ3v) is 1.12. The Bertz CT molecular complexity index is 164. The van der Waals surface area contributed by atoms with Crippen molar-refractivity contribution in [3.8, 4) is 0 Å². The van der Waals surface area contributed by atoms with Crippen molar-refractivity contribution < 1.29 is 9.53 Å². The van der Waals surface area contributed by atoms with E-state index in [1.807, 2.05) is 0 Å². The predicted molar refractivity (Wildman–Crippen MR) is 32.0 cm³/mol. The van der Waals surface area contributed by atoms with Crippen LogP contribution in [-0.4, -0.2) is 24.5 Å². The highest BCUT2D eigenvalue weighted by molar-refractivity contribution is 5.86. The number of primary amides is 1. The van der Waals surface area contributed by atoms with Crippen molar-refractivity contribution >= 4 is 11.8 Å². The number of nitrogens with two attached hydrogens (primary N) is 1. The van der Waals surface area contributed by atoms with Crippen LogP contribution in [0.1, 0.15) is 6.92 Å². The molecule has 0 aromatic heterocycles. The highest BCUT2D eigenvalue weighted by atomic mass is 16.5. The first-order chi connectivity index (χ1) is 4.20. The Morgan fingerprint density at radius 3 is 2.89 bits per heavy atom. The molecule has 0 aromatic rings. The molecule has 1 amide bonds. The second-order valence-electron chi connectivity index (χ2n) is 1.88. The molecule has 1 aliphatic rings. The number of ether oxygens (including phenoxy) is 1. The number of carbonyl (C=O) groups excluding carboxylic acids is 1. The summed E-state index contributed by atoms with van der Waals surface area (Å²) in [7, 11) is 0. The van der Waals surface area contributed by atoms with Gasteiger partial charge in [0.15, 0.2) is 11.9 Å². The van der Waals surface area contributed by atoms with Gasteiger partial charge >= 0.3 is 0 Å². The number of amides is 1. The molecule has 0 bridgehead atoms. The Labute approximate surface area is 52.7 Å². The maximum atomic E-state index is 10.4. The summed E-state index contributed by atoms with van der Waals surface area (Å²) in [4.78, 5) is 14.2. The van der Waals surface area contributed by atoms with Gasteiger partial charge in [-0.15, -0.1) is 0 Å². The Morgan fingerprint density at radius 1 is 2.00 bits per heavy atom.